The van der Waals surface area contributed by atoms with Crippen LogP contribution in [0.1, 0.15) is 11.4 Å². The third-order valence-electron chi connectivity index (χ3n) is 3.78. The molecule has 4 nitrogen and oxygen atoms in total. The van der Waals surface area contributed by atoms with E-state index >= 15 is 0 Å². The van der Waals surface area contributed by atoms with Gasteiger partial charge in [0, 0.05) is 10.7 Å². The number of fused-ring (bicyclic) bond motifs is 1. The van der Waals surface area contributed by atoms with Crippen molar-refractivity contribution in [2.45, 2.75) is 19.2 Å². The number of rotatable bonds is 5. The first-order chi connectivity index (χ1) is 11.6. The van der Waals surface area contributed by atoms with E-state index in [9.17, 15) is 4.79 Å². The molecule has 0 aliphatic carbocycles. The first-order valence-electron chi connectivity index (χ1n) is 7.57. The number of aromatic nitrogens is 2. The summed E-state index contributed by atoms with van der Waals surface area (Å²) >= 11 is 7.71. The van der Waals surface area contributed by atoms with E-state index in [2.05, 4.69) is 10.3 Å². The Hall–Kier alpha value is -1.98. The van der Waals surface area contributed by atoms with Crippen molar-refractivity contribution in [3.63, 3.8) is 0 Å². The Morgan fingerprint density at radius 2 is 2.08 bits per heavy atom. The smallest absolute Gasteiger partial charge is 0.244 e. The number of hydrogen-bond acceptors (Lipinski definition) is 3. The van der Waals surface area contributed by atoms with Crippen LogP contribution in [0.5, 0.6) is 0 Å². The highest BCUT2D eigenvalue weighted by molar-refractivity contribution is 7.97. The average Bonchev–Trinajstić information content (AvgIpc) is 2.89. The normalized spacial score (nSPS) is 11.0. The van der Waals surface area contributed by atoms with Gasteiger partial charge in [0.1, 0.15) is 12.4 Å². The summed E-state index contributed by atoms with van der Waals surface area (Å²) in [5.74, 6) is 1.57. The predicted octanol–water partition coefficient (Wildman–Crippen LogP) is 4.50. The van der Waals surface area contributed by atoms with Crippen molar-refractivity contribution in [1.29, 1.82) is 0 Å². The fourth-order valence-electron chi connectivity index (χ4n) is 2.60. The molecule has 124 valence electrons. The van der Waals surface area contributed by atoms with Crippen molar-refractivity contribution >= 4 is 46.0 Å². The second kappa shape index (κ2) is 7.28. The van der Waals surface area contributed by atoms with Crippen LogP contribution in [-0.2, 0) is 17.1 Å². The van der Waals surface area contributed by atoms with Gasteiger partial charge in [-0.15, -0.1) is 0 Å². The number of halogens is 1. The van der Waals surface area contributed by atoms with Gasteiger partial charge in [-0.1, -0.05) is 29.8 Å². The molecule has 3 rings (SSSR count). The molecule has 0 unspecified atom stereocenters. The van der Waals surface area contributed by atoms with Gasteiger partial charge in [-0.25, -0.2) is 4.98 Å². The van der Waals surface area contributed by atoms with Gasteiger partial charge < -0.3 is 9.88 Å². The topological polar surface area (TPSA) is 46.9 Å². The lowest BCUT2D eigenvalue weighted by Crippen LogP contribution is -2.20. The monoisotopic (exact) mass is 359 g/mol. The lowest BCUT2D eigenvalue weighted by atomic mass is 10.2. The minimum atomic E-state index is -0.0918. The molecule has 2 aromatic carbocycles. The molecule has 0 saturated carbocycles. The highest BCUT2D eigenvalue weighted by Crippen LogP contribution is 2.22. The van der Waals surface area contributed by atoms with Gasteiger partial charge in [0.05, 0.1) is 16.8 Å². The number of anilines is 1. The second-order valence-corrected chi connectivity index (χ2v) is 6.85. The van der Waals surface area contributed by atoms with Crippen molar-refractivity contribution in [2.75, 3.05) is 11.6 Å². The summed E-state index contributed by atoms with van der Waals surface area (Å²) < 4.78 is 1.97. The SMILES string of the molecule is CSCc1nc2ccccc2n1CC(=O)Nc1cc(Cl)ccc1C. The summed E-state index contributed by atoms with van der Waals surface area (Å²) in [6.45, 7) is 2.17. The Labute approximate surface area is 150 Å². The highest BCUT2D eigenvalue weighted by Gasteiger charge is 2.14. The minimum Gasteiger partial charge on any atom is -0.324 e. The van der Waals surface area contributed by atoms with Crippen LogP contribution in [0.15, 0.2) is 42.5 Å². The molecule has 0 aliphatic heterocycles. The van der Waals surface area contributed by atoms with Crippen LogP contribution in [0, 0.1) is 6.92 Å². The fourth-order valence-corrected chi connectivity index (χ4v) is 3.25. The van der Waals surface area contributed by atoms with E-state index < -0.39 is 0 Å². The quantitative estimate of drug-likeness (QED) is 0.729. The molecule has 1 N–H and O–H groups in total. The van der Waals surface area contributed by atoms with Crippen LogP contribution < -0.4 is 5.32 Å². The van der Waals surface area contributed by atoms with Gasteiger partial charge in [0.25, 0.3) is 0 Å². The van der Waals surface area contributed by atoms with E-state index in [1.165, 1.54) is 0 Å². The van der Waals surface area contributed by atoms with Crippen molar-refractivity contribution in [3.8, 4) is 0 Å². The number of nitrogens with one attached hydrogen (secondary N) is 1. The van der Waals surface area contributed by atoms with Gasteiger partial charge in [-0.2, -0.15) is 11.8 Å². The van der Waals surface area contributed by atoms with Crippen molar-refractivity contribution < 1.29 is 4.79 Å². The Bertz CT molecular complexity index is 891. The Balaban J connectivity index is 1.87. The first kappa shape index (κ1) is 16.9. The number of nitrogens with zero attached hydrogens (tertiary/aromatic N) is 2. The van der Waals surface area contributed by atoms with Crippen LogP contribution in [0.4, 0.5) is 5.69 Å². The number of benzene rings is 2. The lowest BCUT2D eigenvalue weighted by molar-refractivity contribution is -0.116. The number of thioether (sulfide) groups is 1. The number of aryl methyl sites for hydroxylation is 1. The molecule has 0 fully saturated rings. The predicted molar refractivity (Wildman–Crippen MR) is 102 cm³/mol. The molecular formula is C18H18ClN3OS. The number of carbonyl (C=O) groups is 1. The van der Waals surface area contributed by atoms with Crippen molar-refractivity contribution in [3.05, 3.63) is 58.9 Å². The van der Waals surface area contributed by atoms with Crippen LogP contribution in [-0.4, -0.2) is 21.7 Å². The molecule has 6 heteroatoms. The van der Waals surface area contributed by atoms with Crippen LogP contribution >= 0.6 is 23.4 Å². The summed E-state index contributed by atoms with van der Waals surface area (Å²) in [6.07, 6.45) is 2.03. The van der Waals surface area contributed by atoms with E-state index in [4.69, 9.17) is 11.6 Å². The van der Waals surface area contributed by atoms with Gasteiger partial charge >= 0.3 is 0 Å². The third-order valence-corrected chi connectivity index (χ3v) is 4.56. The van der Waals surface area contributed by atoms with E-state index in [1.54, 1.807) is 17.8 Å². The zero-order valence-corrected chi connectivity index (χ0v) is 15.1. The summed E-state index contributed by atoms with van der Waals surface area (Å²) in [5, 5.41) is 3.55. The summed E-state index contributed by atoms with van der Waals surface area (Å²) in [7, 11) is 0. The summed E-state index contributed by atoms with van der Waals surface area (Å²) in [6, 6.07) is 13.3. The first-order valence-corrected chi connectivity index (χ1v) is 9.34. The van der Waals surface area contributed by atoms with Gasteiger partial charge in [0.2, 0.25) is 5.91 Å². The fraction of sp³-hybridized carbons (Fsp3) is 0.222. The average molecular weight is 360 g/mol. The number of hydrogen-bond donors (Lipinski definition) is 1. The molecule has 3 aromatic rings. The Morgan fingerprint density at radius 1 is 1.29 bits per heavy atom. The second-order valence-electron chi connectivity index (χ2n) is 5.54. The zero-order valence-electron chi connectivity index (χ0n) is 13.5. The molecule has 0 radical (unpaired) electrons. The van der Waals surface area contributed by atoms with E-state index in [-0.39, 0.29) is 12.5 Å². The van der Waals surface area contributed by atoms with E-state index in [1.807, 2.05) is 54.1 Å². The maximum Gasteiger partial charge on any atom is 0.244 e. The molecule has 0 bridgehead atoms. The Kier molecular flexibility index (Phi) is 5.11. The molecule has 1 heterocycles. The molecule has 1 aromatic heterocycles. The molecular weight excluding hydrogens is 342 g/mol. The van der Waals surface area contributed by atoms with Crippen LogP contribution in [0.2, 0.25) is 5.02 Å². The zero-order chi connectivity index (χ0) is 17.1. The summed E-state index contributed by atoms with van der Waals surface area (Å²) in [5.41, 5.74) is 3.60. The largest absolute Gasteiger partial charge is 0.324 e. The summed E-state index contributed by atoms with van der Waals surface area (Å²) in [4.78, 5) is 17.2. The minimum absolute atomic E-state index is 0.0918. The molecule has 0 spiro atoms. The highest BCUT2D eigenvalue weighted by atomic mass is 35.5. The van der Waals surface area contributed by atoms with Gasteiger partial charge in [-0.3, -0.25) is 4.79 Å². The lowest BCUT2D eigenvalue weighted by Gasteiger charge is -2.11. The molecule has 0 saturated heterocycles. The number of carbonyl (C=O) groups excluding carboxylic acids is 1. The van der Waals surface area contributed by atoms with Crippen LogP contribution in [0.25, 0.3) is 11.0 Å². The van der Waals surface area contributed by atoms with Gasteiger partial charge in [0.15, 0.2) is 0 Å². The van der Waals surface area contributed by atoms with E-state index in [0.29, 0.717) is 5.02 Å². The third kappa shape index (κ3) is 3.57. The number of imidazole rings is 1. The maximum absolute atomic E-state index is 12.5. The molecule has 1 amide bonds. The van der Waals surface area contributed by atoms with Crippen LogP contribution in [0.3, 0.4) is 0 Å². The molecule has 0 atom stereocenters. The molecule has 24 heavy (non-hydrogen) atoms. The number of para-hydroxylation sites is 2. The van der Waals surface area contributed by atoms with Crippen molar-refractivity contribution in [1.82, 2.24) is 9.55 Å². The molecule has 0 aliphatic rings. The maximum atomic E-state index is 12.5. The van der Waals surface area contributed by atoms with E-state index in [0.717, 1.165) is 33.9 Å². The standard InChI is InChI=1S/C18H18ClN3OS/c1-12-7-8-13(19)9-15(12)21-18(23)10-22-16-6-4-3-5-14(16)20-17(22)11-24-2/h3-9H,10-11H2,1-2H3,(H,21,23). The number of amides is 1. The van der Waals surface area contributed by atoms with Gasteiger partial charge in [-0.05, 0) is 43.0 Å². The van der Waals surface area contributed by atoms with Crippen molar-refractivity contribution in [2.24, 2.45) is 0 Å². The Morgan fingerprint density at radius 3 is 2.88 bits per heavy atom.